The zero-order valence-corrected chi connectivity index (χ0v) is 11.9. The van der Waals surface area contributed by atoms with E-state index >= 15 is 0 Å². The van der Waals surface area contributed by atoms with Crippen LogP contribution in [-0.4, -0.2) is 20.9 Å². The first-order chi connectivity index (χ1) is 9.43. The van der Waals surface area contributed by atoms with Crippen molar-refractivity contribution in [1.82, 2.24) is 9.78 Å². The molecule has 106 valence electrons. The van der Waals surface area contributed by atoms with Gasteiger partial charge in [-0.3, -0.25) is 9.59 Å². The Balaban J connectivity index is 2.79. The van der Waals surface area contributed by atoms with E-state index in [0.29, 0.717) is 5.39 Å². The summed E-state index contributed by atoms with van der Waals surface area (Å²) in [6.45, 7) is 5.60. The van der Waals surface area contributed by atoms with Gasteiger partial charge in [-0.05, 0) is 30.0 Å². The molecule has 20 heavy (non-hydrogen) atoms. The molecule has 0 unspecified atom stereocenters. The average molecular weight is 274 g/mol. The molecule has 0 atom stereocenters. The Morgan fingerprint density at radius 3 is 2.60 bits per heavy atom. The second-order valence-electron chi connectivity index (χ2n) is 5.13. The molecular formula is C15H18N2O3. The number of carboxylic acid groups (broad SMARTS) is 1. The average Bonchev–Trinajstić information content (AvgIpc) is 2.40. The summed E-state index contributed by atoms with van der Waals surface area (Å²) in [7, 11) is 0. The second kappa shape index (κ2) is 5.45. The smallest absolute Gasteiger partial charge is 0.325 e. The van der Waals surface area contributed by atoms with Gasteiger partial charge in [0.15, 0.2) is 0 Å². The summed E-state index contributed by atoms with van der Waals surface area (Å²) in [5.41, 5.74) is 1.54. The minimum absolute atomic E-state index is 0.116. The van der Waals surface area contributed by atoms with Crippen molar-refractivity contribution in [2.75, 3.05) is 0 Å². The van der Waals surface area contributed by atoms with Gasteiger partial charge in [0.25, 0.3) is 5.56 Å². The van der Waals surface area contributed by atoms with Crippen LogP contribution in [0.3, 0.4) is 0 Å². The lowest BCUT2D eigenvalue weighted by atomic mass is 10.0. The highest BCUT2D eigenvalue weighted by atomic mass is 16.4. The minimum Gasteiger partial charge on any atom is -0.480 e. The van der Waals surface area contributed by atoms with Crippen LogP contribution in [0.1, 0.15) is 37.9 Å². The predicted molar refractivity (Wildman–Crippen MR) is 77.1 cm³/mol. The number of carboxylic acids is 1. The number of benzene rings is 1. The molecule has 0 aliphatic carbocycles. The molecule has 5 nitrogen and oxygen atoms in total. The fourth-order valence-electron chi connectivity index (χ4n) is 2.24. The Morgan fingerprint density at radius 2 is 2.05 bits per heavy atom. The highest BCUT2D eigenvalue weighted by molar-refractivity contribution is 5.85. The molecule has 1 N–H and O–H groups in total. The zero-order valence-electron chi connectivity index (χ0n) is 11.9. The van der Waals surface area contributed by atoms with E-state index in [2.05, 4.69) is 12.0 Å². The molecule has 0 spiro atoms. The molecular weight excluding hydrogens is 256 g/mol. The van der Waals surface area contributed by atoms with E-state index < -0.39 is 12.5 Å². The number of aromatic nitrogens is 2. The van der Waals surface area contributed by atoms with Gasteiger partial charge in [-0.1, -0.05) is 26.8 Å². The lowest BCUT2D eigenvalue weighted by Crippen LogP contribution is -2.28. The number of aryl methyl sites for hydroxylation is 1. The lowest BCUT2D eigenvalue weighted by Gasteiger charge is -2.13. The van der Waals surface area contributed by atoms with Crippen LogP contribution in [0.15, 0.2) is 23.0 Å². The van der Waals surface area contributed by atoms with Crippen LogP contribution in [0.25, 0.3) is 10.8 Å². The van der Waals surface area contributed by atoms with E-state index in [0.717, 1.165) is 27.7 Å². The molecule has 0 aliphatic rings. The van der Waals surface area contributed by atoms with Crippen molar-refractivity contribution < 1.29 is 9.90 Å². The Bertz CT molecular complexity index is 717. The fourth-order valence-corrected chi connectivity index (χ4v) is 2.24. The molecule has 1 aromatic heterocycles. The van der Waals surface area contributed by atoms with Crippen LogP contribution in [0.2, 0.25) is 0 Å². The van der Waals surface area contributed by atoms with Gasteiger partial charge in [0.2, 0.25) is 0 Å². The van der Waals surface area contributed by atoms with Gasteiger partial charge in [-0.15, -0.1) is 0 Å². The third-order valence-corrected chi connectivity index (χ3v) is 3.29. The van der Waals surface area contributed by atoms with Crippen molar-refractivity contribution in [2.24, 2.45) is 0 Å². The maximum absolute atomic E-state index is 12.3. The van der Waals surface area contributed by atoms with E-state index in [1.54, 1.807) is 6.07 Å². The van der Waals surface area contributed by atoms with Gasteiger partial charge >= 0.3 is 5.97 Å². The van der Waals surface area contributed by atoms with E-state index in [1.165, 1.54) is 0 Å². The van der Waals surface area contributed by atoms with E-state index in [9.17, 15) is 9.59 Å². The van der Waals surface area contributed by atoms with E-state index in [1.807, 2.05) is 26.0 Å². The normalized spacial score (nSPS) is 11.2. The SMILES string of the molecule is CCc1ccc2c(=O)n(CC(=O)O)nc(C(C)C)c2c1. The molecule has 0 saturated heterocycles. The third-order valence-electron chi connectivity index (χ3n) is 3.29. The fraction of sp³-hybridized carbons (Fsp3) is 0.400. The number of carbonyl (C=O) groups is 1. The van der Waals surface area contributed by atoms with Crippen molar-refractivity contribution in [3.05, 3.63) is 39.8 Å². The summed E-state index contributed by atoms with van der Waals surface area (Å²) in [5, 5.41) is 14.5. The summed E-state index contributed by atoms with van der Waals surface area (Å²) in [4.78, 5) is 23.1. The van der Waals surface area contributed by atoms with E-state index in [4.69, 9.17) is 5.11 Å². The van der Waals surface area contributed by atoms with Crippen molar-refractivity contribution in [2.45, 2.75) is 39.7 Å². The number of fused-ring (bicyclic) bond motifs is 1. The summed E-state index contributed by atoms with van der Waals surface area (Å²) < 4.78 is 1.03. The van der Waals surface area contributed by atoms with Crippen molar-refractivity contribution >= 4 is 16.7 Å². The van der Waals surface area contributed by atoms with Crippen LogP contribution in [0.5, 0.6) is 0 Å². The van der Waals surface area contributed by atoms with Crippen LogP contribution in [0, 0.1) is 0 Å². The number of rotatable bonds is 4. The number of hydrogen-bond donors (Lipinski definition) is 1. The van der Waals surface area contributed by atoms with E-state index in [-0.39, 0.29) is 11.5 Å². The maximum atomic E-state index is 12.3. The Kier molecular flexibility index (Phi) is 3.88. The summed E-state index contributed by atoms with van der Waals surface area (Å²) in [6.07, 6.45) is 0.881. The standard InChI is InChI=1S/C15H18N2O3/c1-4-10-5-6-11-12(7-10)14(9(2)3)16-17(15(11)20)8-13(18)19/h5-7,9H,4,8H2,1-3H3,(H,18,19). The van der Waals surface area contributed by atoms with Crippen molar-refractivity contribution in [1.29, 1.82) is 0 Å². The topological polar surface area (TPSA) is 72.2 Å². The largest absolute Gasteiger partial charge is 0.480 e. The lowest BCUT2D eigenvalue weighted by molar-refractivity contribution is -0.138. The molecule has 0 aliphatic heterocycles. The molecule has 0 bridgehead atoms. The molecule has 2 aromatic rings. The van der Waals surface area contributed by atoms with Gasteiger partial charge in [-0.2, -0.15) is 5.10 Å². The van der Waals surface area contributed by atoms with Gasteiger partial charge in [0.05, 0.1) is 11.1 Å². The van der Waals surface area contributed by atoms with Gasteiger partial charge in [-0.25, -0.2) is 4.68 Å². The third kappa shape index (κ3) is 2.57. The number of aliphatic carboxylic acids is 1. The molecule has 0 fully saturated rings. The second-order valence-corrected chi connectivity index (χ2v) is 5.13. The highest BCUT2D eigenvalue weighted by Crippen LogP contribution is 2.22. The van der Waals surface area contributed by atoms with Crippen molar-refractivity contribution in [3.8, 4) is 0 Å². The Hall–Kier alpha value is -2.17. The van der Waals surface area contributed by atoms with Gasteiger partial charge in [0.1, 0.15) is 6.54 Å². The minimum atomic E-state index is -1.07. The Morgan fingerprint density at radius 1 is 1.35 bits per heavy atom. The first kappa shape index (κ1) is 14.2. The molecule has 0 radical (unpaired) electrons. The molecule has 0 saturated carbocycles. The maximum Gasteiger partial charge on any atom is 0.325 e. The van der Waals surface area contributed by atoms with Crippen LogP contribution in [-0.2, 0) is 17.8 Å². The first-order valence-corrected chi connectivity index (χ1v) is 6.69. The number of hydrogen-bond acceptors (Lipinski definition) is 3. The molecule has 1 heterocycles. The van der Waals surface area contributed by atoms with Crippen LogP contribution < -0.4 is 5.56 Å². The first-order valence-electron chi connectivity index (χ1n) is 6.69. The number of nitrogens with zero attached hydrogens (tertiary/aromatic N) is 2. The molecule has 5 heteroatoms. The monoisotopic (exact) mass is 274 g/mol. The Labute approximate surface area is 116 Å². The van der Waals surface area contributed by atoms with Crippen LogP contribution in [0.4, 0.5) is 0 Å². The van der Waals surface area contributed by atoms with Gasteiger partial charge < -0.3 is 5.11 Å². The van der Waals surface area contributed by atoms with Gasteiger partial charge in [0, 0.05) is 5.39 Å². The van der Waals surface area contributed by atoms with Crippen LogP contribution >= 0.6 is 0 Å². The summed E-state index contributed by atoms with van der Waals surface area (Å²) in [5.74, 6) is -0.955. The summed E-state index contributed by atoms with van der Waals surface area (Å²) >= 11 is 0. The molecule has 0 amide bonds. The molecule has 2 rings (SSSR count). The quantitative estimate of drug-likeness (QED) is 0.927. The van der Waals surface area contributed by atoms with Crippen molar-refractivity contribution in [3.63, 3.8) is 0 Å². The predicted octanol–water partition coefficient (Wildman–Crippen LogP) is 2.17. The summed E-state index contributed by atoms with van der Waals surface area (Å²) in [6, 6.07) is 5.64. The highest BCUT2D eigenvalue weighted by Gasteiger charge is 2.15. The molecule has 1 aromatic carbocycles. The zero-order chi connectivity index (χ0) is 14.9.